The topological polar surface area (TPSA) is 53.1 Å². The van der Waals surface area contributed by atoms with Gasteiger partial charge in [0.15, 0.2) is 12.4 Å². The molecule has 0 saturated heterocycles. The van der Waals surface area contributed by atoms with Crippen molar-refractivity contribution >= 4 is 0 Å². The van der Waals surface area contributed by atoms with Gasteiger partial charge in [0.1, 0.15) is 5.69 Å². The van der Waals surface area contributed by atoms with Crippen molar-refractivity contribution in [3.63, 3.8) is 0 Å². The number of aromatic nitrogens is 3. The molecule has 0 aromatic carbocycles. The van der Waals surface area contributed by atoms with E-state index in [-0.39, 0.29) is 24.0 Å². The quantitative estimate of drug-likeness (QED) is 0.543. The van der Waals surface area contributed by atoms with Crippen molar-refractivity contribution < 1.29 is 33.6 Å². The van der Waals surface area contributed by atoms with E-state index in [0.29, 0.717) is 0 Å². The van der Waals surface area contributed by atoms with Crippen molar-refractivity contribution in [2.24, 2.45) is 0 Å². The Hall–Kier alpha value is -0.980. The molecule has 0 saturated carbocycles. The molecule has 12 heavy (non-hydrogen) atoms. The van der Waals surface area contributed by atoms with Gasteiger partial charge in [0, 0.05) is 6.07 Å². The summed E-state index contributed by atoms with van der Waals surface area (Å²) in [5.41, 5.74) is 1.70. The van der Waals surface area contributed by atoms with Crippen molar-refractivity contribution in [3.05, 3.63) is 30.7 Å². The van der Waals surface area contributed by atoms with E-state index in [2.05, 4.69) is 19.9 Å². The van der Waals surface area contributed by atoms with Crippen LogP contribution < -0.4 is 29.0 Å². The highest BCUT2D eigenvalue weighted by molar-refractivity contribution is 5.54. The van der Waals surface area contributed by atoms with Gasteiger partial charge in [-0.15, -0.1) is 0 Å². The maximum Gasteiger partial charge on any atom is 0.176 e. The summed E-state index contributed by atoms with van der Waals surface area (Å²) in [5, 5.41) is 7.18. The van der Waals surface area contributed by atoms with Crippen LogP contribution in [0.15, 0.2) is 35.4 Å². The first kappa shape index (κ1) is 9.11. The van der Waals surface area contributed by atoms with Crippen molar-refractivity contribution in [2.45, 2.75) is 0 Å². The molecule has 4 nitrogen and oxygen atoms in total. The standard InChI is InChI=1S/C7H5N3O.HI/c1-2-6(4-8-3-1)7-5-9-11-10-7;/h1-5H;1H. The van der Waals surface area contributed by atoms with E-state index in [1.54, 1.807) is 6.20 Å². The molecular weight excluding hydrogens is 269 g/mol. The second-order valence-corrected chi connectivity index (χ2v) is 2.08. The summed E-state index contributed by atoms with van der Waals surface area (Å²) in [6, 6.07) is 3.82. The predicted molar refractivity (Wildman–Crippen MR) is 36.3 cm³/mol. The van der Waals surface area contributed by atoms with E-state index in [1.165, 1.54) is 0 Å². The Bertz CT molecular complexity index is 322. The van der Waals surface area contributed by atoms with Crippen LogP contribution in [0.3, 0.4) is 0 Å². The lowest BCUT2D eigenvalue weighted by Crippen LogP contribution is -3.00. The van der Waals surface area contributed by atoms with Crippen molar-refractivity contribution in [3.8, 4) is 11.3 Å². The fraction of sp³-hybridized carbons (Fsp3) is 0. The monoisotopic (exact) mass is 275 g/mol. The Labute approximate surface area is 86.0 Å². The minimum atomic E-state index is 0. The number of hydrogen-bond donors (Lipinski definition) is 0. The maximum atomic E-state index is 4.46. The fourth-order valence-electron chi connectivity index (χ4n) is 0.845. The number of pyridine rings is 1. The van der Waals surface area contributed by atoms with E-state index >= 15 is 0 Å². The highest BCUT2D eigenvalue weighted by Crippen LogP contribution is 2.11. The third-order valence-corrected chi connectivity index (χ3v) is 1.36. The summed E-state index contributed by atoms with van der Waals surface area (Å²) in [5.74, 6) is 0. The van der Waals surface area contributed by atoms with E-state index in [4.69, 9.17) is 0 Å². The molecule has 0 unspecified atom stereocenters. The molecule has 0 aliphatic heterocycles. The molecule has 2 rings (SSSR count). The van der Waals surface area contributed by atoms with Gasteiger partial charge < -0.3 is 24.0 Å². The van der Waals surface area contributed by atoms with Gasteiger partial charge in [0.25, 0.3) is 0 Å². The van der Waals surface area contributed by atoms with Crippen LogP contribution in [-0.2, 0) is 0 Å². The molecule has 5 heteroatoms. The van der Waals surface area contributed by atoms with Gasteiger partial charge in [0.2, 0.25) is 0 Å². The third-order valence-electron chi connectivity index (χ3n) is 1.36. The zero-order chi connectivity index (χ0) is 7.52. The van der Waals surface area contributed by atoms with Gasteiger partial charge in [0.05, 0.1) is 11.8 Å². The van der Waals surface area contributed by atoms with E-state index < -0.39 is 0 Å². The highest BCUT2D eigenvalue weighted by atomic mass is 127. The van der Waals surface area contributed by atoms with E-state index in [9.17, 15) is 0 Å². The Balaban J connectivity index is 0.000000720. The number of aromatic amines is 1. The molecule has 0 spiro atoms. The SMILES string of the molecule is [I-].c1c[nH+]cc(-c2cnon2)c1. The van der Waals surface area contributed by atoms with Crippen molar-refractivity contribution in [2.75, 3.05) is 0 Å². The fourth-order valence-corrected chi connectivity index (χ4v) is 0.845. The number of nitrogens with zero attached hydrogens (tertiary/aromatic N) is 2. The zero-order valence-electron chi connectivity index (χ0n) is 6.07. The van der Waals surface area contributed by atoms with Crippen LogP contribution in [0.5, 0.6) is 0 Å². The summed E-state index contributed by atoms with van der Waals surface area (Å²) in [6.07, 6.45) is 5.24. The first-order valence-electron chi connectivity index (χ1n) is 3.21. The minimum Gasteiger partial charge on any atom is -1.00 e. The Morgan fingerprint density at radius 3 is 2.92 bits per heavy atom. The normalized spacial score (nSPS) is 9.00. The lowest BCUT2D eigenvalue weighted by molar-refractivity contribution is -0.377. The summed E-state index contributed by atoms with van der Waals surface area (Å²) in [7, 11) is 0. The van der Waals surface area contributed by atoms with Gasteiger partial charge >= 0.3 is 0 Å². The molecule has 2 aromatic heterocycles. The molecule has 0 atom stereocenters. The summed E-state index contributed by atoms with van der Waals surface area (Å²) >= 11 is 0. The second-order valence-electron chi connectivity index (χ2n) is 2.08. The average Bonchev–Trinajstić information content (AvgIpc) is 2.58. The largest absolute Gasteiger partial charge is 1.00 e. The lowest BCUT2D eigenvalue weighted by Gasteiger charge is -1.84. The first-order chi connectivity index (χ1) is 5.47. The minimum absolute atomic E-state index is 0. The van der Waals surface area contributed by atoms with E-state index in [1.807, 2.05) is 24.5 Å². The van der Waals surface area contributed by atoms with Crippen LogP contribution in [-0.4, -0.2) is 10.3 Å². The van der Waals surface area contributed by atoms with Crippen LogP contribution in [0.25, 0.3) is 11.3 Å². The van der Waals surface area contributed by atoms with Gasteiger partial charge in [-0.2, -0.15) is 0 Å². The third kappa shape index (κ3) is 1.79. The molecule has 0 fully saturated rings. The Morgan fingerprint density at radius 1 is 1.42 bits per heavy atom. The Kier molecular flexibility index (Phi) is 3.15. The van der Waals surface area contributed by atoms with Gasteiger partial charge in [-0.25, -0.2) is 9.61 Å². The number of H-pyrrole nitrogens is 1. The van der Waals surface area contributed by atoms with Crippen LogP contribution in [0.1, 0.15) is 0 Å². The zero-order valence-corrected chi connectivity index (χ0v) is 8.22. The van der Waals surface area contributed by atoms with Gasteiger partial charge in [-0.05, 0) is 11.2 Å². The maximum absolute atomic E-state index is 4.46. The molecular formula is C7H6IN3O. The molecule has 0 bridgehead atoms. The van der Waals surface area contributed by atoms with Crippen molar-refractivity contribution in [1.29, 1.82) is 0 Å². The highest BCUT2D eigenvalue weighted by Gasteiger charge is 2.02. The molecule has 1 N–H and O–H groups in total. The van der Waals surface area contributed by atoms with E-state index in [0.717, 1.165) is 11.3 Å². The molecule has 0 radical (unpaired) electrons. The lowest BCUT2D eigenvalue weighted by atomic mass is 10.2. The number of halogens is 1. The number of hydrogen-bond acceptors (Lipinski definition) is 3. The first-order valence-corrected chi connectivity index (χ1v) is 3.21. The smallest absolute Gasteiger partial charge is 0.176 e. The average molecular weight is 275 g/mol. The molecule has 2 aromatic rings. The molecule has 2 heterocycles. The van der Waals surface area contributed by atoms with Crippen LogP contribution >= 0.6 is 0 Å². The van der Waals surface area contributed by atoms with Gasteiger partial charge in [-0.3, -0.25) is 0 Å². The van der Waals surface area contributed by atoms with Crippen LogP contribution in [0.2, 0.25) is 0 Å². The molecule has 62 valence electrons. The Morgan fingerprint density at radius 2 is 2.33 bits per heavy atom. The van der Waals surface area contributed by atoms with Gasteiger partial charge in [-0.1, -0.05) is 5.16 Å². The number of rotatable bonds is 1. The predicted octanol–water partition coefficient (Wildman–Crippen LogP) is -2.45. The number of nitrogens with one attached hydrogen (secondary N) is 1. The van der Waals surface area contributed by atoms with Crippen LogP contribution in [0.4, 0.5) is 0 Å². The second kappa shape index (κ2) is 4.15. The summed E-state index contributed by atoms with van der Waals surface area (Å²) < 4.78 is 4.46. The summed E-state index contributed by atoms with van der Waals surface area (Å²) in [6.45, 7) is 0. The molecule has 0 amide bonds. The van der Waals surface area contributed by atoms with Crippen LogP contribution in [0, 0.1) is 0 Å². The molecule has 0 aliphatic rings. The van der Waals surface area contributed by atoms with Crippen molar-refractivity contribution in [1.82, 2.24) is 10.3 Å². The summed E-state index contributed by atoms with van der Waals surface area (Å²) in [4.78, 5) is 2.94. The molecule has 0 aliphatic carbocycles.